The molecule has 1 unspecified atom stereocenters. The van der Waals surface area contributed by atoms with Crippen LogP contribution >= 0.6 is 7.82 Å². The molecule has 34 heavy (non-hydrogen) atoms. The molecule has 0 fully saturated rings. The van der Waals surface area contributed by atoms with Gasteiger partial charge in [-0.1, -0.05) is 76.9 Å². The lowest BCUT2D eigenvalue weighted by Gasteiger charge is -2.27. The number of aliphatic hydroxyl groups is 1. The van der Waals surface area contributed by atoms with Gasteiger partial charge in [0.05, 0.1) is 34.4 Å². The third kappa shape index (κ3) is 26.3. The fourth-order valence-corrected chi connectivity index (χ4v) is 4.09. The molecule has 0 saturated carbocycles. The van der Waals surface area contributed by atoms with Gasteiger partial charge >= 0.3 is 0 Å². The van der Waals surface area contributed by atoms with Crippen LogP contribution in [0.4, 0.5) is 0 Å². The summed E-state index contributed by atoms with van der Waals surface area (Å²) in [7, 11) is 1.44. The van der Waals surface area contributed by atoms with Crippen LogP contribution in [0.25, 0.3) is 0 Å². The summed E-state index contributed by atoms with van der Waals surface area (Å²) in [5.41, 5.74) is 0. The van der Waals surface area contributed by atoms with Crippen molar-refractivity contribution in [2.24, 2.45) is 0 Å². The Bertz CT molecular complexity index is 524. The van der Waals surface area contributed by atoms with Crippen molar-refractivity contribution in [3.63, 3.8) is 0 Å². The number of phosphoric ester groups is 1. The number of allylic oxidation sites excluding steroid dienone is 2. The van der Waals surface area contributed by atoms with E-state index in [2.05, 4.69) is 19.1 Å². The van der Waals surface area contributed by atoms with Crippen molar-refractivity contribution < 1.29 is 32.8 Å². The molecule has 0 aromatic heterocycles. The monoisotopic (exact) mass is 507 g/mol. The topological polar surface area (TPSA) is 88.0 Å². The number of phosphoric acid groups is 1. The smallest absolute Gasteiger partial charge is 0.268 e. The molecule has 0 aliphatic carbocycles. The second kappa shape index (κ2) is 22.0. The molecule has 0 aliphatic heterocycles. The maximum absolute atomic E-state index is 11.7. The summed E-state index contributed by atoms with van der Waals surface area (Å²) in [6.45, 7) is 3.12. The minimum atomic E-state index is -4.39. The lowest BCUT2D eigenvalue weighted by Crippen LogP contribution is -2.37. The van der Waals surface area contributed by atoms with E-state index >= 15 is 0 Å². The molecule has 0 aromatic rings. The molecule has 0 bridgehead atoms. The summed E-state index contributed by atoms with van der Waals surface area (Å²) in [6, 6.07) is 0. The number of hydrogen-bond acceptors (Lipinski definition) is 6. The number of aliphatic hydroxyl groups excluding tert-OH is 1. The van der Waals surface area contributed by atoms with Crippen LogP contribution in [0.1, 0.15) is 96.8 Å². The van der Waals surface area contributed by atoms with E-state index in [9.17, 15) is 14.6 Å². The molecule has 0 radical (unpaired) electrons. The van der Waals surface area contributed by atoms with E-state index < -0.39 is 13.9 Å². The summed E-state index contributed by atoms with van der Waals surface area (Å²) in [6.07, 6.45) is 21.3. The first-order valence-corrected chi connectivity index (χ1v) is 14.9. The van der Waals surface area contributed by atoms with E-state index in [0.717, 1.165) is 12.8 Å². The molecule has 2 atom stereocenters. The molecule has 0 saturated heterocycles. The molecule has 8 heteroatoms. The van der Waals surface area contributed by atoms with E-state index in [-0.39, 0.29) is 19.8 Å². The van der Waals surface area contributed by atoms with Crippen LogP contribution in [-0.2, 0) is 18.3 Å². The highest BCUT2D eigenvalue weighted by atomic mass is 31.2. The lowest BCUT2D eigenvalue weighted by atomic mass is 10.1. The molecule has 0 rings (SSSR count). The Balaban J connectivity index is 3.43. The predicted molar refractivity (Wildman–Crippen MR) is 139 cm³/mol. The molecule has 0 heterocycles. The highest BCUT2D eigenvalue weighted by molar-refractivity contribution is 7.45. The number of quaternary nitrogens is 1. The van der Waals surface area contributed by atoms with Crippen molar-refractivity contribution >= 4 is 7.82 Å². The largest absolute Gasteiger partial charge is 0.756 e. The van der Waals surface area contributed by atoms with Gasteiger partial charge in [-0.3, -0.25) is 4.57 Å². The highest BCUT2D eigenvalue weighted by Crippen LogP contribution is 2.38. The molecule has 1 N–H and O–H groups in total. The van der Waals surface area contributed by atoms with Gasteiger partial charge in [0.2, 0.25) is 0 Å². The summed E-state index contributed by atoms with van der Waals surface area (Å²) < 4.78 is 27.2. The molecule has 0 aliphatic rings. The lowest BCUT2D eigenvalue weighted by molar-refractivity contribution is -0.870. The van der Waals surface area contributed by atoms with E-state index in [1.807, 2.05) is 21.1 Å². The number of nitrogens with zero attached hydrogens (tertiary/aromatic N) is 1. The second-order valence-electron chi connectivity index (χ2n) is 10.3. The van der Waals surface area contributed by atoms with Crippen LogP contribution in [0, 0.1) is 0 Å². The van der Waals surface area contributed by atoms with Gasteiger partial charge in [0.15, 0.2) is 0 Å². The summed E-state index contributed by atoms with van der Waals surface area (Å²) in [5, 5.41) is 9.83. The van der Waals surface area contributed by atoms with Gasteiger partial charge in [0.1, 0.15) is 19.3 Å². The molecular formula is C26H54NO6P. The minimum absolute atomic E-state index is 0.0484. The van der Waals surface area contributed by atoms with Gasteiger partial charge in [-0.15, -0.1) is 0 Å². The Labute approximate surface area is 210 Å². The van der Waals surface area contributed by atoms with Crippen LogP contribution < -0.4 is 4.89 Å². The van der Waals surface area contributed by atoms with Crippen LogP contribution in [0.5, 0.6) is 0 Å². The first-order chi connectivity index (χ1) is 16.2. The first-order valence-electron chi connectivity index (χ1n) is 13.5. The number of hydrogen-bond donors (Lipinski definition) is 1. The van der Waals surface area contributed by atoms with Gasteiger partial charge < -0.3 is 28.3 Å². The third-order valence-electron chi connectivity index (χ3n) is 5.55. The van der Waals surface area contributed by atoms with Gasteiger partial charge in [-0.2, -0.15) is 0 Å². The Kier molecular flexibility index (Phi) is 21.8. The maximum atomic E-state index is 11.7. The van der Waals surface area contributed by atoms with Gasteiger partial charge in [-0.05, 0) is 32.1 Å². The molecular weight excluding hydrogens is 453 g/mol. The van der Waals surface area contributed by atoms with Gasteiger partial charge in [0, 0.05) is 6.61 Å². The van der Waals surface area contributed by atoms with E-state index in [0.29, 0.717) is 17.6 Å². The van der Waals surface area contributed by atoms with Gasteiger partial charge in [0.25, 0.3) is 7.82 Å². The van der Waals surface area contributed by atoms with Crippen LogP contribution in [0.3, 0.4) is 0 Å². The predicted octanol–water partition coefficient (Wildman–Crippen LogP) is 5.61. The maximum Gasteiger partial charge on any atom is 0.268 e. The Hall–Kier alpha value is -0.270. The number of unbranched alkanes of at least 4 members (excludes halogenated alkanes) is 12. The Morgan fingerprint density at radius 1 is 0.794 bits per heavy atom. The van der Waals surface area contributed by atoms with Crippen molar-refractivity contribution in [2.45, 2.75) is 103 Å². The van der Waals surface area contributed by atoms with E-state index in [4.69, 9.17) is 13.8 Å². The highest BCUT2D eigenvalue weighted by Gasteiger charge is 2.15. The number of ether oxygens (including phenoxy) is 1. The average molecular weight is 508 g/mol. The normalized spacial score (nSPS) is 15.1. The summed E-state index contributed by atoms with van der Waals surface area (Å²) >= 11 is 0. The van der Waals surface area contributed by atoms with Crippen LogP contribution in [-0.4, -0.2) is 69.8 Å². The average Bonchev–Trinajstić information content (AvgIpc) is 2.76. The molecule has 0 spiro atoms. The van der Waals surface area contributed by atoms with Crippen molar-refractivity contribution in [3.05, 3.63) is 12.2 Å². The molecule has 0 aromatic carbocycles. The van der Waals surface area contributed by atoms with Crippen LogP contribution in [0.15, 0.2) is 12.2 Å². The molecule has 7 nitrogen and oxygen atoms in total. The van der Waals surface area contributed by atoms with Crippen molar-refractivity contribution in [1.82, 2.24) is 0 Å². The number of rotatable bonds is 25. The Morgan fingerprint density at radius 2 is 1.32 bits per heavy atom. The molecule has 0 amide bonds. The summed E-state index contributed by atoms with van der Waals surface area (Å²) in [5.74, 6) is 0. The Morgan fingerprint density at radius 3 is 1.88 bits per heavy atom. The first kappa shape index (κ1) is 33.7. The van der Waals surface area contributed by atoms with E-state index in [1.165, 1.54) is 77.0 Å². The fraction of sp³-hybridized carbons (Fsp3) is 0.923. The number of likely N-dealkylation sites (N-methyl/N-ethyl adjacent to an activating group) is 1. The molecule has 204 valence electrons. The standard InChI is InChI=1S/C26H54NO6P/c1-5-6-7-8-9-10-11-12-13-14-15-16-17-18-19-20-22-31-24-26(28)25-33-34(29,30)32-23-21-27(2,3)4/h12-13,26,28H,5-11,14-25H2,1-4H3/b13-12+/t26-/m1/s1. The van der Waals surface area contributed by atoms with Crippen LogP contribution in [0.2, 0.25) is 0 Å². The SMILES string of the molecule is CCCCCCCC/C=C/CCCCCCCCOC[C@@H](O)COP(=O)([O-])OCC[N+](C)(C)C. The second-order valence-corrected chi connectivity index (χ2v) is 11.7. The minimum Gasteiger partial charge on any atom is -0.756 e. The zero-order valence-electron chi connectivity index (χ0n) is 22.5. The van der Waals surface area contributed by atoms with E-state index in [1.54, 1.807) is 0 Å². The van der Waals surface area contributed by atoms with Crippen molar-refractivity contribution in [1.29, 1.82) is 0 Å². The van der Waals surface area contributed by atoms with Crippen molar-refractivity contribution in [3.8, 4) is 0 Å². The zero-order valence-corrected chi connectivity index (χ0v) is 23.4. The summed E-state index contributed by atoms with van der Waals surface area (Å²) in [4.78, 5) is 11.7. The van der Waals surface area contributed by atoms with Crippen molar-refractivity contribution in [2.75, 3.05) is 54.1 Å². The fourth-order valence-electron chi connectivity index (χ4n) is 3.36. The zero-order chi connectivity index (χ0) is 25.5. The third-order valence-corrected chi connectivity index (χ3v) is 6.51. The quantitative estimate of drug-likeness (QED) is 0.0748. The van der Waals surface area contributed by atoms with Gasteiger partial charge in [-0.25, -0.2) is 0 Å².